The molecule has 0 saturated heterocycles. The number of carbonyl (C=O) groups excluding carboxylic acids is 1. The number of hydrogen-bond donors (Lipinski definition) is 2. The standard InChI is InChI=1S/C22H37FN4O/c1-13-3-4-14-15-7-8-22(2)18(16(15)10-20(23)17(14)9-13)5-6-19(22)21(28)11-27(25)12-26-24/h12-20H,3-11,24-25H2,1-2H3/b26-12-. The van der Waals surface area contributed by atoms with Crippen LogP contribution in [0.5, 0.6) is 0 Å². The lowest BCUT2D eigenvalue weighted by Gasteiger charge is -2.57. The Balaban J connectivity index is 1.51. The van der Waals surface area contributed by atoms with Gasteiger partial charge in [-0.1, -0.05) is 20.3 Å². The minimum Gasteiger partial charge on any atom is -0.322 e. The lowest BCUT2D eigenvalue weighted by molar-refractivity contribution is -0.133. The molecule has 9 unspecified atom stereocenters. The van der Waals surface area contributed by atoms with E-state index in [2.05, 4.69) is 18.9 Å². The topological polar surface area (TPSA) is 84.7 Å². The molecule has 4 fully saturated rings. The van der Waals surface area contributed by atoms with Crippen LogP contribution in [0, 0.1) is 46.8 Å². The second-order valence-corrected chi connectivity index (χ2v) is 10.5. The van der Waals surface area contributed by atoms with Crippen molar-refractivity contribution < 1.29 is 9.18 Å². The van der Waals surface area contributed by atoms with Crippen molar-refractivity contribution in [3.05, 3.63) is 0 Å². The third kappa shape index (κ3) is 3.25. The maximum absolute atomic E-state index is 15.2. The van der Waals surface area contributed by atoms with Crippen LogP contribution in [-0.4, -0.2) is 29.8 Å². The molecule has 4 aliphatic carbocycles. The minimum atomic E-state index is -0.647. The van der Waals surface area contributed by atoms with Gasteiger partial charge < -0.3 is 5.84 Å². The van der Waals surface area contributed by atoms with Crippen molar-refractivity contribution in [3.8, 4) is 0 Å². The fraction of sp³-hybridized carbons (Fsp3) is 0.909. The van der Waals surface area contributed by atoms with E-state index in [0.29, 0.717) is 29.6 Å². The van der Waals surface area contributed by atoms with Crippen molar-refractivity contribution in [2.24, 2.45) is 63.6 Å². The summed E-state index contributed by atoms with van der Waals surface area (Å²) in [6, 6.07) is 0. The Kier molecular flexibility index (Phi) is 5.45. The number of nitrogens with zero attached hydrogens (tertiary/aromatic N) is 2. The molecule has 0 aromatic rings. The maximum atomic E-state index is 15.2. The number of hydrogen-bond acceptors (Lipinski definition) is 4. The number of hydrazine groups is 1. The first-order chi connectivity index (χ1) is 13.3. The zero-order chi connectivity index (χ0) is 20.1. The molecule has 0 spiro atoms. The van der Waals surface area contributed by atoms with E-state index in [1.54, 1.807) is 0 Å². The van der Waals surface area contributed by atoms with E-state index in [4.69, 9.17) is 11.7 Å². The average Bonchev–Trinajstić information content (AvgIpc) is 3.00. The smallest absolute Gasteiger partial charge is 0.157 e. The number of ketones is 1. The molecule has 4 saturated carbocycles. The SMILES string of the molecule is CC1CCC2C(C1)C(F)CC1C2CCC2(C)C(C(=O)CN(N)/C=N\N)CCC12. The Bertz CT molecular complexity index is 628. The lowest BCUT2D eigenvalue weighted by Crippen LogP contribution is -2.52. The predicted molar refractivity (Wildman–Crippen MR) is 109 cm³/mol. The van der Waals surface area contributed by atoms with Gasteiger partial charge >= 0.3 is 0 Å². The first-order valence-electron chi connectivity index (χ1n) is 11.3. The second kappa shape index (κ2) is 7.58. The molecule has 0 aromatic carbocycles. The van der Waals surface area contributed by atoms with Crippen LogP contribution in [0.2, 0.25) is 0 Å². The highest BCUT2D eigenvalue weighted by Crippen LogP contribution is 2.64. The van der Waals surface area contributed by atoms with Crippen LogP contribution in [0.25, 0.3) is 0 Å². The number of alkyl halides is 1. The largest absolute Gasteiger partial charge is 0.322 e. The van der Waals surface area contributed by atoms with Gasteiger partial charge in [-0.05, 0) is 85.9 Å². The van der Waals surface area contributed by atoms with Crippen molar-refractivity contribution in [1.29, 1.82) is 0 Å². The summed E-state index contributed by atoms with van der Waals surface area (Å²) in [5.74, 6) is 14.3. The van der Waals surface area contributed by atoms with Crippen molar-refractivity contribution >= 4 is 12.1 Å². The lowest BCUT2D eigenvalue weighted by atomic mass is 9.49. The molecule has 4 rings (SSSR count). The summed E-state index contributed by atoms with van der Waals surface area (Å²) < 4.78 is 15.2. The fourth-order valence-corrected chi connectivity index (χ4v) is 7.96. The van der Waals surface area contributed by atoms with E-state index in [9.17, 15) is 4.79 Å². The van der Waals surface area contributed by atoms with E-state index in [1.165, 1.54) is 30.6 Å². The number of carbonyl (C=O) groups is 1. The van der Waals surface area contributed by atoms with Crippen LogP contribution in [-0.2, 0) is 4.79 Å². The number of fused-ring (bicyclic) bond motifs is 5. The Morgan fingerprint density at radius 1 is 1.14 bits per heavy atom. The molecule has 0 heterocycles. The minimum absolute atomic E-state index is 0.00649. The Morgan fingerprint density at radius 2 is 1.89 bits per heavy atom. The zero-order valence-electron chi connectivity index (χ0n) is 17.4. The fourth-order valence-electron chi connectivity index (χ4n) is 7.96. The van der Waals surface area contributed by atoms with E-state index >= 15 is 4.39 Å². The second-order valence-electron chi connectivity index (χ2n) is 10.5. The quantitative estimate of drug-likeness (QED) is 0.332. The number of hydrazone groups is 1. The maximum Gasteiger partial charge on any atom is 0.157 e. The van der Waals surface area contributed by atoms with Crippen LogP contribution >= 0.6 is 0 Å². The number of nitrogens with two attached hydrogens (primary N) is 2. The van der Waals surface area contributed by atoms with Crippen LogP contribution in [0.15, 0.2) is 5.10 Å². The van der Waals surface area contributed by atoms with Gasteiger partial charge in [-0.3, -0.25) is 9.80 Å². The van der Waals surface area contributed by atoms with Crippen LogP contribution in [0.3, 0.4) is 0 Å². The summed E-state index contributed by atoms with van der Waals surface area (Å²) in [5, 5.41) is 4.68. The first kappa shape index (κ1) is 20.1. The van der Waals surface area contributed by atoms with Gasteiger partial charge in [-0.2, -0.15) is 5.10 Å². The molecule has 4 N–H and O–H groups in total. The third-order valence-electron chi connectivity index (χ3n) is 9.16. The van der Waals surface area contributed by atoms with Gasteiger partial charge in [0.1, 0.15) is 12.5 Å². The number of rotatable bonds is 4. The predicted octanol–water partition coefficient (Wildman–Crippen LogP) is 3.49. The summed E-state index contributed by atoms with van der Waals surface area (Å²) in [4.78, 5) is 13.0. The van der Waals surface area contributed by atoms with Gasteiger partial charge in [0.05, 0.1) is 6.54 Å². The van der Waals surface area contributed by atoms with Crippen LogP contribution in [0.4, 0.5) is 4.39 Å². The van der Waals surface area contributed by atoms with Crippen molar-refractivity contribution in [2.75, 3.05) is 6.54 Å². The molecule has 0 aromatic heterocycles. The highest BCUT2D eigenvalue weighted by Gasteiger charge is 2.59. The van der Waals surface area contributed by atoms with Gasteiger partial charge in [-0.15, -0.1) is 0 Å². The molecule has 0 radical (unpaired) electrons. The van der Waals surface area contributed by atoms with E-state index in [-0.39, 0.29) is 29.6 Å². The van der Waals surface area contributed by atoms with Gasteiger partial charge in [-0.25, -0.2) is 10.2 Å². The van der Waals surface area contributed by atoms with E-state index in [1.807, 2.05) is 0 Å². The van der Waals surface area contributed by atoms with Gasteiger partial charge in [0.2, 0.25) is 0 Å². The highest BCUT2D eigenvalue weighted by atomic mass is 19.1. The molecule has 0 amide bonds. The van der Waals surface area contributed by atoms with Crippen LogP contribution in [0.1, 0.15) is 65.2 Å². The molecule has 28 heavy (non-hydrogen) atoms. The average molecular weight is 393 g/mol. The number of halogens is 1. The Labute approximate surface area is 168 Å². The molecule has 158 valence electrons. The van der Waals surface area contributed by atoms with Crippen molar-refractivity contribution in [2.45, 2.75) is 71.4 Å². The molecule has 0 aliphatic heterocycles. The molecule has 6 heteroatoms. The summed E-state index contributed by atoms with van der Waals surface area (Å²) in [5.41, 5.74) is -0.00649. The highest BCUT2D eigenvalue weighted by molar-refractivity contribution is 5.85. The molecule has 0 bridgehead atoms. The monoisotopic (exact) mass is 392 g/mol. The number of Topliss-reactive ketones (excluding diaryl/α,β-unsaturated/α-hetero) is 1. The zero-order valence-corrected chi connectivity index (χ0v) is 17.4. The van der Waals surface area contributed by atoms with Gasteiger partial charge in [0.25, 0.3) is 0 Å². The Morgan fingerprint density at radius 3 is 2.64 bits per heavy atom. The van der Waals surface area contributed by atoms with Gasteiger partial charge in [0.15, 0.2) is 5.78 Å². The summed E-state index contributed by atoms with van der Waals surface area (Å²) >= 11 is 0. The first-order valence-corrected chi connectivity index (χ1v) is 11.3. The van der Waals surface area contributed by atoms with E-state index < -0.39 is 6.17 Å². The van der Waals surface area contributed by atoms with E-state index in [0.717, 1.165) is 32.1 Å². The summed E-state index contributed by atoms with van der Waals surface area (Å²) in [6.45, 7) is 4.73. The van der Waals surface area contributed by atoms with Crippen LogP contribution < -0.4 is 11.7 Å². The molecule has 4 aliphatic rings. The van der Waals surface area contributed by atoms with Crippen molar-refractivity contribution in [3.63, 3.8) is 0 Å². The summed E-state index contributed by atoms with van der Waals surface area (Å²) in [7, 11) is 0. The van der Waals surface area contributed by atoms with Gasteiger partial charge in [0, 0.05) is 5.92 Å². The Hall–Kier alpha value is -1.17. The third-order valence-corrected chi connectivity index (χ3v) is 9.16. The molecule has 5 nitrogen and oxygen atoms in total. The normalized spacial score (nSPS) is 48.0. The molecule has 9 atom stereocenters. The molecular formula is C22H37FN4O. The molecular weight excluding hydrogens is 355 g/mol. The van der Waals surface area contributed by atoms with Crippen molar-refractivity contribution in [1.82, 2.24) is 5.01 Å². The summed E-state index contributed by atoms with van der Waals surface area (Å²) in [6.07, 6.45) is 9.16.